The van der Waals surface area contributed by atoms with Gasteiger partial charge in [0.05, 0.1) is 18.5 Å². The van der Waals surface area contributed by atoms with Crippen LogP contribution in [0.25, 0.3) is 16.9 Å². The minimum Gasteiger partial charge on any atom is -0.496 e. The van der Waals surface area contributed by atoms with E-state index in [1.807, 2.05) is 36.5 Å². The molecule has 0 amide bonds. The van der Waals surface area contributed by atoms with E-state index in [4.69, 9.17) is 15.5 Å². The number of anilines is 1. The summed E-state index contributed by atoms with van der Waals surface area (Å²) in [4.78, 5) is 7.69. The predicted octanol–water partition coefficient (Wildman–Crippen LogP) is 4.99. The lowest BCUT2D eigenvalue weighted by molar-refractivity contribution is 0.126. The van der Waals surface area contributed by atoms with Crippen LogP contribution in [0.4, 0.5) is 5.69 Å². The molecule has 3 aromatic rings. The summed E-state index contributed by atoms with van der Waals surface area (Å²) in [5.74, 6) is 0.850. The molecular weight excluding hydrogens is 372 g/mol. The summed E-state index contributed by atoms with van der Waals surface area (Å²) in [5, 5.41) is 0. The first-order valence-electron chi connectivity index (χ1n) is 10.9. The molecule has 5 heteroatoms. The quantitative estimate of drug-likeness (QED) is 0.665. The summed E-state index contributed by atoms with van der Waals surface area (Å²) in [6.45, 7) is 9.33. The maximum absolute atomic E-state index is 6.16. The van der Waals surface area contributed by atoms with Crippen molar-refractivity contribution in [1.82, 2.24) is 14.3 Å². The van der Waals surface area contributed by atoms with Crippen molar-refractivity contribution in [2.24, 2.45) is 10.8 Å². The number of hydrogen-bond acceptors (Lipinski definition) is 4. The number of methoxy groups -OCH3 is 1. The predicted molar refractivity (Wildman–Crippen MR) is 122 cm³/mol. The van der Waals surface area contributed by atoms with Gasteiger partial charge in [0.1, 0.15) is 11.4 Å². The van der Waals surface area contributed by atoms with Crippen molar-refractivity contribution in [3.8, 4) is 17.0 Å². The summed E-state index contributed by atoms with van der Waals surface area (Å²) < 4.78 is 7.84. The van der Waals surface area contributed by atoms with Crippen molar-refractivity contribution in [3.63, 3.8) is 0 Å². The molecule has 1 aromatic carbocycles. The van der Waals surface area contributed by atoms with Crippen LogP contribution >= 0.6 is 0 Å². The minimum absolute atomic E-state index is 0.399. The number of hydrogen-bond donors (Lipinski definition) is 1. The first-order chi connectivity index (χ1) is 14.3. The molecule has 2 fully saturated rings. The highest BCUT2D eigenvalue weighted by atomic mass is 16.5. The minimum atomic E-state index is 0.399. The lowest BCUT2D eigenvalue weighted by Gasteiger charge is -2.40. The van der Waals surface area contributed by atoms with Crippen LogP contribution in [0.1, 0.15) is 45.7 Å². The molecule has 1 aliphatic carbocycles. The van der Waals surface area contributed by atoms with E-state index >= 15 is 0 Å². The Morgan fingerprint density at radius 1 is 1.13 bits per heavy atom. The first-order valence-corrected chi connectivity index (χ1v) is 10.9. The first kappa shape index (κ1) is 19.4. The highest BCUT2D eigenvalue weighted by Gasteiger charge is 2.49. The molecule has 1 aliphatic heterocycles. The number of ether oxygens (including phenoxy) is 1. The zero-order chi connectivity index (χ0) is 21.1. The lowest BCUT2D eigenvalue weighted by Crippen LogP contribution is -2.34. The number of likely N-dealkylation sites (tertiary alicyclic amines) is 1. The average Bonchev–Trinajstić information content (AvgIpc) is 3.15. The normalized spacial score (nSPS) is 25.7. The van der Waals surface area contributed by atoms with E-state index in [9.17, 15) is 0 Å². The van der Waals surface area contributed by atoms with Gasteiger partial charge in [0, 0.05) is 36.6 Å². The van der Waals surface area contributed by atoms with E-state index in [-0.39, 0.29) is 0 Å². The van der Waals surface area contributed by atoms with Crippen molar-refractivity contribution in [3.05, 3.63) is 48.3 Å². The summed E-state index contributed by atoms with van der Waals surface area (Å²) in [7, 11) is 1.72. The van der Waals surface area contributed by atoms with Crippen molar-refractivity contribution in [1.29, 1.82) is 0 Å². The van der Waals surface area contributed by atoms with E-state index in [2.05, 4.69) is 36.1 Å². The second-order valence-electron chi connectivity index (χ2n) is 10.4. The smallest absolute Gasteiger partial charge is 0.137 e. The van der Waals surface area contributed by atoms with Gasteiger partial charge in [0.15, 0.2) is 0 Å². The number of nitrogens with two attached hydrogens (primary N) is 1. The van der Waals surface area contributed by atoms with Gasteiger partial charge in [-0.3, -0.25) is 4.90 Å². The average molecular weight is 405 g/mol. The number of nitrogen functional groups attached to an aromatic ring is 1. The molecule has 3 heterocycles. The highest BCUT2D eigenvalue weighted by Crippen LogP contribution is 2.53. The monoisotopic (exact) mass is 404 g/mol. The van der Waals surface area contributed by atoms with Gasteiger partial charge >= 0.3 is 0 Å². The number of para-hydroxylation sites is 1. The second kappa shape index (κ2) is 6.74. The Kier molecular flexibility index (Phi) is 4.37. The number of pyridine rings is 1. The van der Waals surface area contributed by atoms with Gasteiger partial charge in [-0.1, -0.05) is 32.9 Å². The third-order valence-electron chi connectivity index (χ3n) is 6.98. The SMILES string of the molecule is COc1ccccc1-c1nc2ccc(N)cn2c1CN1CC2(C)CC1CC(C)(C)C2. The molecule has 5 nitrogen and oxygen atoms in total. The summed E-state index contributed by atoms with van der Waals surface area (Å²) in [6, 6.07) is 12.7. The van der Waals surface area contributed by atoms with E-state index in [0.717, 1.165) is 41.4 Å². The lowest BCUT2D eigenvalue weighted by atomic mass is 9.65. The Hall–Kier alpha value is -2.53. The molecule has 2 bridgehead atoms. The van der Waals surface area contributed by atoms with Crippen LogP contribution in [0.2, 0.25) is 0 Å². The number of benzene rings is 1. The Morgan fingerprint density at radius 2 is 1.93 bits per heavy atom. The van der Waals surface area contributed by atoms with Crippen LogP contribution in [-0.4, -0.2) is 34.0 Å². The van der Waals surface area contributed by atoms with Crippen molar-refractivity contribution < 1.29 is 4.74 Å². The molecule has 5 rings (SSSR count). The fraction of sp³-hybridized carbons (Fsp3) is 0.480. The molecule has 158 valence electrons. The van der Waals surface area contributed by atoms with Crippen LogP contribution in [0.15, 0.2) is 42.6 Å². The fourth-order valence-electron chi connectivity index (χ4n) is 6.27. The van der Waals surface area contributed by atoms with E-state index in [1.165, 1.54) is 25.0 Å². The van der Waals surface area contributed by atoms with E-state index < -0.39 is 0 Å². The molecular formula is C25H32N4O. The van der Waals surface area contributed by atoms with Crippen LogP contribution in [0, 0.1) is 10.8 Å². The van der Waals surface area contributed by atoms with Crippen molar-refractivity contribution in [2.75, 3.05) is 19.4 Å². The van der Waals surface area contributed by atoms with Gasteiger partial charge in [-0.05, 0) is 54.4 Å². The van der Waals surface area contributed by atoms with Gasteiger partial charge in [-0.15, -0.1) is 0 Å². The number of aromatic nitrogens is 2. The molecule has 0 radical (unpaired) electrons. The Labute approximate surface area is 178 Å². The number of rotatable bonds is 4. The molecule has 1 saturated carbocycles. The van der Waals surface area contributed by atoms with E-state index in [0.29, 0.717) is 16.9 Å². The number of nitrogens with zero attached hydrogens (tertiary/aromatic N) is 3. The number of fused-ring (bicyclic) bond motifs is 3. The van der Waals surface area contributed by atoms with Gasteiger partial charge in [0.25, 0.3) is 0 Å². The fourth-order valence-corrected chi connectivity index (χ4v) is 6.27. The zero-order valence-corrected chi connectivity index (χ0v) is 18.5. The number of imidazole rings is 1. The summed E-state index contributed by atoms with van der Waals surface area (Å²) in [5.41, 5.74) is 11.9. The van der Waals surface area contributed by atoms with Gasteiger partial charge in [-0.2, -0.15) is 0 Å². The summed E-state index contributed by atoms with van der Waals surface area (Å²) in [6.07, 6.45) is 5.85. The Balaban J connectivity index is 1.61. The largest absolute Gasteiger partial charge is 0.496 e. The highest BCUT2D eigenvalue weighted by molar-refractivity contribution is 5.72. The van der Waals surface area contributed by atoms with Crippen LogP contribution in [0.3, 0.4) is 0 Å². The van der Waals surface area contributed by atoms with Crippen LogP contribution < -0.4 is 10.5 Å². The van der Waals surface area contributed by atoms with Gasteiger partial charge in [0.2, 0.25) is 0 Å². The third-order valence-corrected chi connectivity index (χ3v) is 6.98. The molecule has 2 unspecified atom stereocenters. The van der Waals surface area contributed by atoms with Gasteiger partial charge in [-0.25, -0.2) is 4.98 Å². The molecule has 2 aromatic heterocycles. The standard InChI is InChI=1S/C25H32N4O/c1-24(2)11-18-12-25(3,15-24)16-28(18)14-20-23(19-7-5-6-8-21(19)30-4)27-22-10-9-17(26)13-29(20)22/h5-10,13,18H,11-12,14-16,26H2,1-4H3. The van der Waals surface area contributed by atoms with Gasteiger partial charge < -0.3 is 14.9 Å². The Bertz CT molecular complexity index is 1100. The molecule has 2 atom stereocenters. The molecule has 0 spiro atoms. The molecule has 30 heavy (non-hydrogen) atoms. The van der Waals surface area contributed by atoms with E-state index in [1.54, 1.807) is 7.11 Å². The third kappa shape index (κ3) is 3.25. The maximum atomic E-state index is 6.16. The second-order valence-corrected chi connectivity index (χ2v) is 10.4. The topological polar surface area (TPSA) is 55.8 Å². The van der Waals surface area contributed by atoms with Crippen LogP contribution in [0.5, 0.6) is 5.75 Å². The summed E-state index contributed by atoms with van der Waals surface area (Å²) >= 11 is 0. The molecule has 1 saturated heterocycles. The maximum Gasteiger partial charge on any atom is 0.137 e. The Morgan fingerprint density at radius 3 is 2.73 bits per heavy atom. The molecule has 2 N–H and O–H groups in total. The van der Waals surface area contributed by atoms with Crippen molar-refractivity contribution >= 4 is 11.3 Å². The molecule has 2 aliphatic rings. The van der Waals surface area contributed by atoms with Crippen LogP contribution in [-0.2, 0) is 6.54 Å². The zero-order valence-electron chi connectivity index (χ0n) is 18.5. The van der Waals surface area contributed by atoms with Crippen molar-refractivity contribution in [2.45, 2.75) is 52.6 Å².